The Morgan fingerprint density at radius 3 is 2.44 bits per heavy atom. The molecule has 0 bridgehead atoms. The van der Waals surface area contributed by atoms with Crippen LogP contribution in [0.15, 0.2) is 54.7 Å². The van der Waals surface area contributed by atoms with E-state index in [1.807, 2.05) is 24.4 Å². The maximum absolute atomic E-state index is 12.9. The molecule has 0 amide bonds. The molecule has 0 spiro atoms. The Morgan fingerprint density at radius 2 is 1.67 bits per heavy atom. The third kappa shape index (κ3) is 1.99. The summed E-state index contributed by atoms with van der Waals surface area (Å²) in [6.07, 6.45) is 1.86. The van der Waals surface area contributed by atoms with Gasteiger partial charge in [-0.05, 0) is 52.2 Å². The number of hydrogen-bond donors (Lipinski definition) is 0. The maximum atomic E-state index is 12.9. The lowest BCUT2D eigenvalue weighted by molar-refractivity contribution is 0.628. The van der Waals surface area contributed by atoms with Crippen LogP contribution >= 0.6 is 22.6 Å². The van der Waals surface area contributed by atoms with Crippen molar-refractivity contribution in [2.24, 2.45) is 0 Å². The van der Waals surface area contributed by atoms with E-state index in [0.29, 0.717) is 0 Å². The maximum Gasteiger partial charge on any atom is 0.123 e. The van der Waals surface area contributed by atoms with Gasteiger partial charge in [0.15, 0.2) is 0 Å². The second-order valence-electron chi connectivity index (χ2n) is 4.01. The van der Waals surface area contributed by atoms with Crippen molar-refractivity contribution in [1.29, 1.82) is 0 Å². The molecule has 0 fully saturated rings. The fourth-order valence-electron chi connectivity index (χ4n) is 1.94. The average molecular weight is 349 g/mol. The minimum Gasteiger partial charge on any atom is -0.254 e. The minimum absolute atomic E-state index is 0.227. The Labute approximate surface area is 118 Å². The molecule has 1 heterocycles. The summed E-state index contributed by atoms with van der Waals surface area (Å²) < 4.78 is 14.0. The van der Waals surface area contributed by atoms with Crippen LogP contribution < -0.4 is 0 Å². The molecule has 0 N–H and O–H groups in total. The Kier molecular flexibility index (Phi) is 2.99. The second-order valence-corrected chi connectivity index (χ2v) is 5.09. The molecular formula is C15H9FIN. The van der Waals surface area contributed by atoms with Crippen LogP contribution in [0.25, 0.3) is 22.0 Å². The van der Waals surface area contributed by atoms with Gasteiger partial charge < -0.3 is 0 Å². The lowest BCUT2D eigenvalue weighted by atomic mass is 10.1. The van der Waals surface area contributed by atoms with E-state index in [9.17, 15) is 4.39 Å². The number of pyridine rings is 1. The van der Waals surface area contributed by atoms with Gasteiger partial charge >= 0.3 is 0 Å². The van der Waals surface area contributed by atoms with Crippen LogP contribution in [0, 0.1) is 9.39 Å². The van der Waals surface area contributed by atoms with Gasteiger partial charge in [0, 0.05) is 20.7 Å². The van der Waals surface area contributed by atoms with Crippen molar-refractivity contribution >= 4 is 33.4 Å². The Morgan fingerprint density at radius 1 is 0.944 bits per heavy atom. The molecule has 0 saturated heterocycles. The van der Waals surface area contributed by atoms with Crippen molar-refractivity contribution < 1.29 is 4.39 Å². The van der Waals surface area contributed by atoms with Gasteiger partial charge in [0.1, 0.15) is 5.82 Å². The number of fused-ring (bicyclic) bond motifs is 1. The molecule has 0 aliphatic carbocycles. The molecule has 0 aliphatic heterocycles. The Bertz CT molecular complexity index is 707. The Hall–Kier alpha value is -1.49. The molecule has 0 aliphatic rings. The van der Waals surface area contributed by atoms with E-state index < -0.39 is 0 Å². The molecule has 0 atom stereocenters. The van der Waals surface area contributed by atoms with Crippen LogP contribution in [-0.4, -0.2) is 4.98 Å². The van der Waals surface area contributed by atoms with Crippen LogP contribution in [-0.2, 0) is 0 Å². The van der Waals surface area contributed by atoms with Crippen molar-refractivity contribution in [3.05, 3.63) is 64.1 Å². The van der Waals surface area contributed by atoms with Crippen LogP contribution in [0.5, 0.6) is 0 Å². The molecule has 3 rings (SSSR count). The standard InChI is InChI=1S/C15H9FIN/c16-12-7-5-10(6-8-12)15-14(17)13-4-2-1-3-11(13)9-18-15/h1-9H. The van der Waals surface area contributed by atoms with E-state index >= 15 is 0 Å². The van der Waals surface area contributed by atoms with E-state index in [0.717, 1.165) is 20.2 Å². The number of aromatic nitrogens is 1. The smallest absolute Gasteiger partial charge is 0.123 e. The molecule has 1 aromatic heterocycles. The molecule has 0 saturated carbocycles. The van der Waals surface area contributed by atoms with Crippen molar-refractivity contribution in [2.75, 3.05) is 0 Å². The van der Waals surface area contributed by atoms with Crippen LogP contribution in [0.4, 0.5) is 4.39 Å². The number of rotatable bonds is 1. The van der Waals surface area contributed by atoms with E-state index in [1.165, 1.54) is 17.5 Å². The minimum atomic E-state index is -0.227. The number of nitrogens with zero attached hydrogens (tertiary/aromatic N) is 1. The quantitative estimate of drug-likeness (QED) is 0.583. The zero-order chi connectivity index (χ0) is 12.5. The van der Waals surface area contributed by atoms with Gasteiger partial charge in [-0.25, -0.2) is 4.39 Å². The fraction of sp³-hybridized carbons (Fsp3) is 0. The monoisotopic (exact) mass is 349 g/mol. The normalized spacial score (nSPS) is 10.8. The summed E-state index contributed by atoms with van der Waals surface area (Å²) in [6, 6.07) is 14.6. The summed E-state index contributed by atoms with van der Waals surface area (Å²) in [7, 11) is 0. The first kappa shape index (κ1) is 11.6. The van der Waals surface area contributed by atoms with Crippen LogP contribution in [0.2, 0.25) is 0 Å². The summed E-state index contributed by atoms with van der Waals surface area (Å²) in [5.74, 6) is -0.227. The highest BCUT2D eigenvalue weighted by Gasteiger charge is 2.08. The predicted molar refractivity (Wildman–Crippen MR) is 79.9 cm³/mol. The topological polar surface area (TPSA) is 12.9 Å². The highest BCUT2D eigenvalue weighted by molar-refractivity contribution is 14.1. The lowest BCUT2D eigenvalue weighted by Gasteiger charge is -2.07. The first-order valence-corrected chi connectivity index (χ1v) is 6.63. The van der Waals surface area contributed by atoms with Gasteiger partial charge in [0.05, 0.1) is 5.69 Å². The van der Waals surface area contributed by atoms with E-state index in [4.69, 9.17) is 0 Å². The first-order chi connectivity index (χ1) is 8.75. The highest BCUT2D eigenvalue weighted by atomic mass is 127. The summed E-state index contributed by atoms with van der Waals surface area (Å²) in [6.45, 7) is 0. The van der Waals surface area contributed by atoms with Gasteiger partial charge in [0.25, 0.3) is 0 Å². The Balaban J connectivity index is 2.24. The SMILES string of the molecule is Fc1ccc(-c2ncc3ccccc3c2I)cc1. The van der Waals surface area contributed by atoms with Crippen molar-refractivity contribution in [2.45, 2.75) is 0 Å². The molecule has 0 unspecified atom stereocenters. The third-order valence-corrected chi connectivity index (χ3v) is 3.95. The summed E-state index contributed by atoms with van der Waals surface area (Å²) in [5, 5.41) is 2.29. The van der Waals surface area contributed by atoms with Crippen molar-refractivity contribution in [3.8, 4) is 11.3 Å². The number of hydrogen-bond acceptors (Lipinski definition) is 1. The van der Waals surface area contributed by atoms with Gasteiger partial charge in [-0.1, -0.05) is 24.3 Å². The van der Waals surface area contributed by atoms with Crippen molar-refractivity contribution in [3.63, 3.8) is 0 Å². The molecule has 88 valence electrons. The molecule has 18 heavy (non-hydrogen) atoms. The number of halogens is 2. The molecular weight excluding hydrogens is 340 g/mol. The number of benzene rings is 2. The second kappa shape index (κ2) is 4.65. The largest absolute Gasteiger partial charge is 0.254 e. The van der Waals surface area contributed by atoms with Gasteiger partial charge in [-0.2, -0.15) is 0 Å². The van der Waals surface area contributed by atoms with Gasteiger partial charge in [-0.3, -0.25) is 4.98 Å². The first-order valence-electron chi connectivity index (χ1n) is 5.55. The molecule has 2 aromatic carbocycles. The zero-order valence-electron chi connectivity index (χ0n) is 9.40. The fourth-order valence-corrected chi connectivity index (χ4v) is 2.88. The van der Waals surface area contributed by atoms with Crippen molar-refractivity contribution in [1.82, 2.24) is 4.98 Å². The molecule has 3 aromatic rings. The lowest BCUT2D eigenvalue weighted by Crippen LogP contribution is -1.90. The summed E-state index contributed by atoms with van der Waals surface area (Å²) in [4.78, 5) is 4.48. The summed E-state index contributed by atoms with van der Waals surface area (Å²) >= 11 is 2.29. The van der Waals surface area contributed by atoms with Crippen LogP contribution in [0.3, 0.4) is 0 Å². The van der Waals surface area contributed by atoms with Gasteiger partial charge in [0.2, 0.25) is 0 Å². The summed E-state index contributed by atoms with van der Waals surface area (Å²) in [5.41, 5.74) is 1.83. The van der Waals surface area contributed by atoms with Gasteiger partial charge in [-0.15, -0.1) is 0 Å². The van der Waals surface area contributed by atoms with E-state index in [2.05, 4.69) is 33.6 Å². The van der Waals surface area contributed by atoms with Crippen LogP contribution in [0.1, 0.15) is 0 Å². The zero-order valence-corrected chi connectivity index (χ0v) is 11.6. The molecule has 1 nitrogen and oxygen atoms in total. The molecule has 0 radical (unpaired) electrons. The predicted octanol–water partition coefficient (Wildman–Crippen LogP) is 4.65. The molecule has 3 heteroatoms. The van der Waals surface area contributed by atoms with E-state index in [1.54, 1.807) is 12.1 Å². The third-order valence-electron chi connectivity index (χ3n) is 2.86. The van der Waals surface area contributed by atoms with E-state index in [-0.39, 0.29) is 5.82 Å². The highest BCUT2D eigenvalue weighted by Crippen LogP contribution is 2.29. The average Bonchev–Trinajstić information content (AvgIpc) is 2.41.